The molecule has 0 bridgehead atoms. The van der Waals surface area contributed by atoms with Gasteiger partial charge in [0, 0.05) is 0 Å². The number of carboxylic acids is 1. The van der Waals surface area contributed by atoms with Crippen LogP contribution in [0.5, 0.6) is 0 Å². The molecule has 1 aromatic carbocycles. The molecule has 1 heterocycles. The summed E-state index contributed by atoms with van der Waals surface area (Å²) >= 11 is 6.28. The van der Waals surface area contributed by atoms with Crippen molar-refractivity contribution in [1.29, 1.82) is 0 Å². The molecule has 0 unspecified atom stereocenters. The van der Waals surface area contributed by atoms with Crippen LogP contribution in [0.4, 0.5) is 0 Å². The summed E-state index contributed by atoms with van der Waals surface area (Å²) in [4.78, 5) is 25.2. The molecule has 0 radical (unpaired) electrons. The molecule has 1 aromatic rings. The lowest BCUT2D eigenvalue weighted by atomic mass is 10.2. The summed E-state index contributed by atoms with van der Waals surface area (Å²) in [6, 6.07) is 8.49. The molecule has 0 aromatic heterocycles. The van der Waals surface area contributed by atoms with E-state index in [0.29, 0.717) is 15.6 Å². The van der Waals surface area contributed by atoms with Gasteiger partial charge < -0.3 is 5.11 Å². The molecule has 0 aliphatic carbocycles. The number of hydrogen-bond acceptors (Lipinski definition) is 4. The van der Waals surface area contributed by atoms with Gasteiger partial charge in [0.15, 0.2) is 0 Å². The Hall–Kier alpha value is -1.66. The quantitative estimate of drug-likeness (QED) is 0.684. The number of carbonyl (C=O) groups is 2. The van der Waals surface area contributed by atoms with Gasteiger partial charge in [-0.2, -0.15) is 0 Å². The van der Waals surface area contributed by atoms with E-state index in [0.717, 1.165) is 17.3 Å². The second-order valence-electron chi connectivity index (χ2n) is 4.22. The zero-order chi connectivity index (χ0) is 14.7. The summed E-state index contributed by atoms with van der Waals surface area (Å²) in [6.45, 7) is 1.72. The van der Waals surface area contributed by atoms with Gasteiger partial charge in [0.25, 0.3) is 5.91 Å². The Bertz CT molecular complexity index is 583. The molecule has 1 amide bonds. The van der Waals surface area contributed by atoms with Gasteiger partial charge in [0.05, 0.1) is 4.91 Å². The average Bonchev–Trinajstić information content (AvgIpc) is 2.68. The van der Waals surface area contributed by atoms with Crippen molar-refractivity contribution in [1.82, 2.24) is 4.90 Å². The number of amides is 1. The number of rotatable bonds is 4. The van der Waals surface area contributed by atoms with Crippen molar-refractivity contribution < 1.29 is 14.7 Å². The maximum Gasteiger partial charge on any atom is 0.326 e. The van der Waals surface area contributed by atoms with Crippen molar-refractivity contribution >= 4 is 46.3 Å². The van der Waals surface area contributed by atoms with E-state index in [1.165, 1.54) is 4.90 Å². The molecule has 1 aliphatic heterocycles. The predicted octanol–water partition coefficient (Wildman–Crippen LogP) is 2.75. The fraction of sp³-hybridized carbons (Fsp3) is 0.214. The Morgan fingerprint density at radius 1 is 1.45 bits per heavy atom. The van der Waals surface area contributed by atoms with Crippen LogP contribution in [0.15, 0.2) is 35.2 Å². The van der Waals surface area contributed by atoms with Crippen LogP contribution >= 0.6 is 24.0 Å². The number of hydrogen-bond donors (Lipinski definition) is 1. The van der Waals surface area contributed by atoms with Crippen LogP contribution in [0.25, 0.3) is 6.08 Å². The molecule has 1 aliphatic rings. The Morgan fingerprint density at radius 3 is 2.65 bits per heavy atom. The highest BCUT2D eigenvalue weighted by molar-refractivity contribution is 8.26. The maximum atomic E-state index is 12.3. The van der Waals surface area contributed by atoms with E-state index in [4.69, 9.17) is 17.3 Å². The van der Waals surface area contributed by atoms with Crippen LogP contribution in [-0.4, -0.2) is 32.2 Å². The largest absolute Gasteiger partial charge is 0.480 e. The van der Waals surface area contributed by atoms with E-state index in [1.807, 2.05) is 30.3 Å². The van der Waals surface area contributed by atoms with Crippen LogP contribution in [0.3, 0.4) is 0 Å². The van der Waals surface area contributed by atoms with Crippen LogP contribution < -0.4 is 0 Å². The molecular formula is C14H13NO3S2. The monoisotopic (exact) mass is 307 g/mol. The fourth-order valence-electron chi connectivity index (χ4n) is 1.92. The van der Waals surface area contributed by atoms with Gasteiger partial charge in [-0.3, -0.25) is 9.69 Å². The van der Waals surface area contributed by atoms with Gasteiger partial charge in [0.1, 0.15) is 10.4 Å². The second-order valence-corrected chi connectivity index (χ2v) is 5.90. The molecule has 1 N–H and O–H groups in total. The molecule has 6 heteroatoms. The highest BCUT2D eigenvalue weighted by Crippen LogP contribution is 2.34. The van der Waals surface area contributed by atoms with Crippen LogP contribution in [0, 0.1) is 0 Å². The number of aliphatic carboxylic acids is 1. The number of thiocarbonyl (C=S) groups is 1. The Kier molecular flexibility index (Phi) is 4.57. The van der Waals surface area contributed by atoms with Gasteiger partial charge in [-0.15, -0.1) is 0 Å². The minimum absolute atomic E-state index is 0.298. The Morgan fingerprint density at radius 2 is 2.10 bits per heavy atom. The summed E-state index contributed by atoms with van der Waals surface area (Å²) in [5.74, 6) is -1.37. The van der Waals surface area contributed by atoms with Gasteiger partial charge in [-0.05, 0) is 18.1 Å². The van der Waals surface area contributed by atoms with E-state index >= 15 is 0 Å². The van der Waals surface area contributed by atoms with Crippen LogP contribution in [-0.2, 0) is 9.59 Å². The zero-order valence-corrected chi connectivity index (χ0v) is 12.4. The summed E-state index contributed by atoms with van der Waals surface area (Å²) in [5, 5.41) is 9.16. The molecule has 1 fully saturated rings. The third-order valence-electron chi connectivity index (χ3n) is 2.90. The van der Waals surface area contributed by atoms with Crippen molar-refractivity contribution in [3.05, 3.63) is 40.8 Å². The number of benzene rings is 1. The van der Waals surface area contributed by atoms with Crippen molar-refractivity contribution in [2.75, 3.05) is 0 Å². The third-order valence-corrected chi connectivity index (χ3v) is 4.23. The van der Waals surface area contributed by atoms with Crippen molar-refractivity contribution in [2.24, 2.45) is 0 Å². The number of thioether (sulfide) groups is 1. The molecule has 0 spiro atoms. The highest BCUT2D eigenvalue weighted by Gasteiger charge is 2.39. The minimum Gasteiger partial charge on any atom is -0.480 e. The minimum atomic E-state index is -1.04. The lowest BCUT2D eigenvalue weighted by Gasteiger charge is -2.21. The standard InChI is InChI=1S/C14H13NO3S2/c1-2-10(13(17)18)15-12(16)11(20-14(15)19)8-9-6-4-3-5-7-9/h3-8,10H,2H2,1H3,(H,17,18)/b11-8+/t10-/m1/s1. The number of nitrogens with zero attached hydrogens (tertiary/aromatic N) is 1. The van der Waals surface area contributed by atoms with Crippen LogP contribution in [0.1, 0.15) is 18.9 Å². The lowest BCUT2D eigenvalue weighted by Crippen LogP contribution is -2.43. The molecule has 4 nitrogen and oxygen atoms in total. The first-order valence-electron chi connectivity index (χ1n) is 6.09. The Labute approximate surface area is 126 Å². The van der Waals surface area contributed by atoms with Crippen molar-refractivity contribution in [2.45, 2.75) is 19.4 Å². The molecule has 104 valence electrons. The zero-order valence-electron chi connectivity index (χ0n) is 10.8. The van der Waals surface area contributed by atoms with Crippen LogP contribution in [0.2, 0.25) is 0 Å². The molecule has 1 atom stereocenters. The lowest BCUT2D eigenvalue weighted by molar-refractivity contribution is -0.145. The maximum absolute atomic E-state index is 12.3. The predicted molar refractivity (Wildman–Crippen MR) is 83.2 cm³/mol. The van der Waals surface area contributed by atoms with Gasteiger partial charge in [-0.25, -0.2) is 4.79 Å². The average molecular weight is 307 g/mol. The second kappa shape index (κ2) is 6.19. The van der Waals surface area contributed by atoms with Gasteiger partial charge >= 0.3 is 5.97 Å². The van der Waals surface area contributed by atoms with E-state index in [1.54, 1.807) is 13.0 Å². The van der Waals surface area contributed by atoms with Crippen molar-refractivity contribution in [3.8, 4) is 0 Å². The molecule has 1 saturated heterocycles. The van der Waals surface area contributed by atoms with Crippen molar-refractivity contribution in [3.63, 3.8) is 0 Å². The summed E-state index contributed by atoms with van der Waals surface area (Å²) in [6.07, 6.45) is 2.05. The first-order valence-corrected chi connectivity index (χ1v) is 7.32. The van der Waals surface area contributed by atoms with E-state index < -0.39 is 12.0 Å². The number of carbonyl (C=O) groups excluding carboxylic acids is 1. The summed E-state index contributed by atoms with van der Waals surface area (Å²) in [5.41, 5.74) is 0.886. The molecule has 2 rings (SSSR count). The van der Waals surface area contributed by atoms with E-state index in [-0.39, 0.29) is 5.91 Å². The molecular weight excluding hydrogens is 294 g/mol. The van der Waals surface area contributed by atoms with Gasteiger partial charge in [-0.1, -0.05) is 61.2 Å². The molecule has 0 saturated carbocycles. The van der Waals surface area contributed by atoms with Gasteiger partial charge in [0.2, 0.25) is 0 Å². The first-order chi connectivity index (χ1) is 9.54. The Balaban J connectivity index is 2.29. The highest BCUT2D eigenvalue weighted by atomic mass is 32.2. The fourth-order valence-corrected chi connectivity index (χ4v) is 3.27. The number of carboxylic acid groups (broad SMARTS) is 1. The smallest absolute Gasteiger partial charge is 0.326 e. The SMILES string of the molecule is CC[C@H](C(=O)O)N1C(=O)/C(=C\c2ccccc2)SC1=S. The third kappa shape index (κ3) is 2.91. The van der Waals surface area contributed by atoms with E-state index in [9.17, 15) is 9.59 Å². The molecule has 20 heavy (non-hydrogen) atoms. The van der Waals surface area contributed by atoms with E-state index in [2.05, 4.69) is 0 Å². The summed E-state index contributed by atoms with van der Waals surface area (Å²) < 4.78 is 0.298. The normalized spacial score (nSPS) is 18.6. The summed E-state index contributed by atoms with van der Waals surface area (Å²) in [7, 11) is 0. The first kappa shape index (κ1) is 14.7. The topological polar surface area (TPSA) is 57.6 Å².